The van der Waals surface area contributed by atoms with Crippen LogP contribution in [-0.4, -0.2) is 27.7 Å². The molecular weight excluding hydrogens is 264 g/mol. The summed E-state index contributed by atoms with van der Waals surface area (Å²) < 4.78 is 0. The summed E-state index contributed by atoms with van der Waals surface area (Å²) in [5, 5.41) is 14.5. The molecule has 0 radical (unpaired) electrons. The first-order chi connectivity index (χ1) is 9.94. The predicted molar refractivity (Wildman–Crippen MR) is 84.4 cm³/mol. The fourth-order valence-corrected chi connectivity index (χ4v) is 2.57. The number of rotatable bonds is 3. The third-order valence-electron chi connectivity index (χ3n) is 3.59. The number of carbonyl (C=O) groups is 1. The van der Waals surface area contributed by atoms with Gasteiger partial charge in [-0.2, -0.15) is 0 Å². The van der Waals surface area contributed by atoms with E-state index in [9.17, 15) is 4.79 Å². The Morgan fingerprint density at radius 1 is 1.10 bits per heavy atom. The van der Waals surface area contributed by atoms with Crippen molar-refractivity contribution in [3.8, 4) is 0 Å². The van der Waals surface area contributed by atoms with Gasteiger partial charge in [-0.3, -0.25) is 4.79 Å². The minimum atomic E-state index is -0.268. The smallest absolute Gasteiger partial charge is 0.272 e. The molecule has 1 saturated carbocycles. The number of anilines is 1. The number of hydrogen-bond acceptors (Lipinski definition) is 4. The van der Waals surface area contributed by atoms with Crippen molar-refractivity contribution in [3.05, 3.63) is 17.8 Å². The van der Waals surface area contributed by atoms with Gasteiger partial charge in [-0.25, -0.2) is 0 Å². The van der Waals surface area contributed by atoms with Crippen molar-refractivity contribution in [3.63, 3.8) is 0 Å². The van der Waals surface area contributed by atoms with Crippen LogP contribution in [0.15, 0.2) is 12.1 Å². The van der Waals surface area contributed by atoms with E-state index < -0.39 is 0 Å². The molecule has 21 heavy (non-hydrogen) atoms. The first kappa shape index (κ1) is 15.7. The largest absolute Gasteiger partial charge is 0.366 e. The lowest BCUT2D eigenvalue weighted by atomic mass is 10.1. The molecule has 2 rings (SSSR count). The van der Waals surface area contributed by atoms with Crippen LogP contribution in [0.1, 0.15) is 69.8 Å². The zero-order valence-electron chi connectivity index (χ0n) is 13.3. The Morgan fingerprint density at radius 2 is 1.76 bits per heavy atom. The van der Waals surface area contributed by atoms with Crippen molar-refractivity contribution in [2.45, 2.75) is 70.9 Å². The van der Waals surface area contributed by atoms with Gasteiger partial charge in [0.05, 0.1) is 0 Å². The maximum Gasteiger partial charge on any atom is 0.272 e. The Morgan fingerprint density at radius 3 is 2.29 bits per heavy atom. The molecule has 1 aromatic heterocycles. The standard InChI is InChI=1S/C16H26N4O/c1-16(2,3)18-15(21)13-10-11-14(20-19-13)17-12-8-6-4-5-7-9-12/h10-12H,4-9H2,1-3H3,(H,17,20)(H,18,21). The number of carbonyl (C=O) groups excluding carboxylic acids is 1. The Kier molecular flexibility index (Phi) is 5.15. The SMILES string of the molecule is CC(C)(C)NC(=O)c1ccc(NC2CCCCCC2)nn1. The minimum absolute atomic E-state index is 0.184. The van der Waals surface area contributed by atoms with Gasteiger partial charge in [0.2, 0.25) is 0 Å². The summed E-state index contributed by atoms with van der Waals surface area (Å²) in [6, 6.07) is 4.05. The van der Waals surface area contributed by atoms with Crippen LogP contribution >= 0.6 is 0 Å². The molecule has 1 aliphatic rings. The average molecular weight is 290 g/mol. The first-order valence-electron chi connectivity index (χ1n) is 7.87. The van der Waals surface area contributed by atoms with E-state index in [4.69, 9.17) is 0 Å². The molecule has 0 aromatic carbocycles. The Hall–Kier alpha value is -1.65. The summed E-state index contributed by atoms with van der Waals surface area (Å²) in [4.78, 5) is 12.0. The van der Waals surface area contributed by atoms with E-state index in [0.29, 0.717) is 11.7 Å². The second-order valence-electron chi connectivity index (χ2n) is 6.84. The fraction of sp³-hybridized carbons (Fsp3) is 0.688. The molecule has 0 aliphatic heterocycles. The van der Waals surface area contributed by atoms with E-state index in [1.54, 1.807) is 6.07 Å². The second kappa shape index (κ2) is 6.87. The number of nitrogens with zero attached hydrogens (tertiary/aromatic N) is 2. The van der Waals surface area contributed by atoms with Crippen molar-refractivity contribution in [1.82, 2.24) is 15.5 Å². The van der Waals surface area contributed by atoms with Gasteiger partial charge in [-0.05, 0) is 45.7 Å². The lowest BCUT2D eigenvalue weighted by molar-refractivity contribution is 0.0913. The van der Waals surface area contributed by atoms with Crippen LogP contribution in [0, 0.1) is 0 Å². The zero-order valence-corrected chi connectivity index (χ0v) is 13.3. The second-order valence-corrected chi connectivity index (χ2v) is 6.84. The van der Waals surface area contributed by atoms with Crippen molar-refractivity contribution < 1.29 is 4.79 Å². The van der Waals surface area contributed by atoms with Gasteiger partial charge in [0.25, 0.3) is 5.91 Å². The lowest BCUT2D eigenvalue weighted by Gasteiger charge is -2.20. The van der Waals surface area contributed by atoms with Gasteiger partial charge < -0.3 is 10.6 Å². The fourth-order valence-electron chi connectivity index (χ4n) is 2.57. The Bertz CT molecular complexity index is 456. The van der Waals surface area contributed by atoms with Gasteiger partial charge in [0.1, 0.15) is 5.82 Å². The van der Waals surface area contributed by atoms with Gasteiger partial charge in [0, 0.05) is 11.6 Å². The first-order valence-corrected chi connectivity index (χ1v) is 7.87. The van der Waals surface area contributed by atoms with Gasteiger partial charge >= 0.3 is 0 Å². The molecule has 116 valence electrons. The Labute approximate surface area is 126 Å². The normalized spacial score (nSPS) is 17.1. The molecule has 1 amide bonds. The van der Waals surface area contributed by atoms with Crippen LogP contribution < -0.4 is 10.6 Å². The average Bonchev–Trinajstić information content (AvgIpc) is 2.66. The molecule has 0 unspecified atom stereocenters. The summed E-state index contributed by atoms with van der Waals surface area (Å²) in [7, 11) is 0. The molecule has 0 bridgehead atoms. The molecular formula is C16H26N4O. The summed E-state index contributed by atoms with van der Waals surface area (Å²) in [6.45, 7) is 5.83. The van der Waals surface area contributed by atoms with Crippen LogP contribution in [0.2, 0.25) is 0 Å². The van der Waals surface area contributed by atoms with E-state index in [-0.39, 0.29) is 11.4 Å². The Balaban J connectivity index is 1.93. The van der Waals surface area contributed by atoms with E-state index in [1.165, 1.54) is 38.5 Å². The van der Waals surface area contributed by atoms with E-state index in [2.05, 4.69) is 20.8 Å². The van der Waals surface area contributed by atoms with Crippen molar-refractivity contribution in [2.75, 3.05) is 5.32 Å². The number of aromatic nitrogens is 2. The number of hydrogen-bond donors (Lipinski definition) is 2. The zero-order chi connectivity index (χ0) is 15.3. The highest BCUT2D eigenvalue weighted by molar-refractivity contribution is 5.92. The monoisotopic (exact) mass is 290 g/mol. The molecule has 0 saturated heterocycles. The maximum absolute atomic E-state index is 12.0. The van der Waals surface area contributed by atoms with Crippen LogP contribution in [0.4, 0.5) is 5.82 Å². The molecule has 5 heteroatoms. The topological polar surface area (TPSA) is 66.9 Å². The summed E-state index contributed by atoms with van der Waals surface area (Å²) in [5.74, 6) is 0.574. The molecule has 5 nitrogen and oxygen atoms in total. The lowest BCUT2D eigenvalue weighted by Crippen LogP contribution is -2.41. The van der Waals surface area contributed by atoms with E-state index >= 15 is 0 Å². The quantitative estimate of drug-likeness (QED) is 0.839. The molecule has 1 heterocycles. The van der Waals surface area contributed by atoms with Crippen LogP contribution in [-0.2, 0) is 0 Å². The molecule has 0 atom stereocenters. The van der Waals surface area contributed by atoms with Crippen LogP contribution in [0.25, 0.3) is 0 Å². The third kappa shape index (κ3) is 5.33. The highest BCUT2D eigenvalue weighted by atomic mass is 16.2. The summed E-state index contributed by atoms with van der Waals surface area (Å²) in [6.07, 6.45) is 7.59. The van der Waals surface area contributed by atoms with Crippen LogP contribution in [0.3, 0.4) is 0 Å². The minimum Gasteiger partial charge on any atom is -0.366 e. The maximum atomic E-state index is 12.0. The summed E-state index contributed by atoms with van der Waals surface area (Å²) in [5.41, 5.74) is 0.0899. The van der Waals surface area contributed by atoms with Crippen molar-refractivity contribution in [2.24, 2.45) is 0 Å². The van der Waals surface area contributed by atoms with E-state index in [0.717, 1.165) is 5.82 Å². The van der Waals surface area contributed by atoms with E-state index in [1.807, 2.05) is 26.8 Å². The molecule has 2 N–H and O–H groups in total. The molecule has 1 fully saturated rings. The molecule has 1 aliphatic carbocycles. The summed E-state index contributed by atoms with van der Waals surface area (Å²) >= 11 is 0. The van der Waals surface area contributed by atoms with Gasteiger partial charge in [-0.15, -0.1) is 10.2 Å². The van der Waals surface area contributed by atoms with Gasteiger partial charge in [0.15, 0.2) is 5.69 Å². The van der Waals surface area contributed by atoms with Crippen LogP contribution in [0.5, 0.6) is 0 Å². The highest BCUT2D eigenvalue weighted by Gasteiger charge is 2.17. The highest BCUT2D eigenvalue weighted by Crippen LogP contribution is 2.20. The van der Waals surface area contributed by atoms with Crippen molar-refractivity contribution in [1.29, 1.82) is 0 Å². The van der Waals surface area contributed by atoms with Gasteiger partial charge in [-0.1, -0.05) is 25.7 Å². The predicted octanol–water partition coefficient (Wildman–Crippen LogP) is 3.14. The molecule has 1 aromatic rings. The third-order valence-corrected chi connectivity index (χ3v) is 3.59. The molecule has 0 spiro atoms. The number of amides is 1. The van der Waals surface area contributed by atoms with Crippen molar-refractivity contribution >= 4 is 11.7 Å². The number of nitrogens with one attached hydrogen (secondary N) is 2.